The predicted octanol–water partition coefficient (Wildman–Crippen LogP) is 2.14. The molecule has 0 aliphatic carbocycles. The van der Waals surface area contributed by atoms with Gasteiger partial charge in [0.15, 0.2) is 0 Å². The van der Waals surface area contributed by atoms with Gasteiger partial charge >= 0.3 is 0 Å². The summed E-state index contributed by atoms with van der Waals surface area (Å²) in [6.45, 7) is 1.69. The smallest absolute Gasteiger partial charge is 0.265 e. The van der Waals surface area contributed by atoms with Gasteiger partial charge in [-0.2, -0.15) is 0 Å². The minimum absolute atomic E-state index is 0.122. The first-order valence-electron chi connectivity index (χ1n) is 4.59. The zero-order valence-electron chi connectivity index (χ0n) is 7.65. The van der Waals surface area contributed by atoms with Gasteiger partial charge in [-0.25, -0.2) is 0 Å². The summed E-state index contributed by atoms with van der Waals surface area (Å²) in [5, 5.41) is 0. The standard InChI is InChI=1S/C9H11BrN2OS/c10-7-2-1-3-12(5-7)9(13)8-4-11-6-14-8/h4,6-7H,1-3,5H2. The molecule has 0 spiro atoms. The van der Waals surface area contributed by atoms with E-state index in [9.17, 15) is 4.79 Å². The number of piperidine rings is 1. The highest BCUT2D eigenvalue weighted by Crippen LogP contribution is 2.19. The minimum atomic E-state index is 0.122. The van der Waals surface area contributed by atoms with Crippen molar-refractivity contribution >= 4 is 33.2 Å². The Kier molecular flexibility index (Phi) is 3.18. The Balaban J connectivity index is 2.04. The first-order chi connectivity index (χ1) is 6.77. The second kappa shape index (κ2) is 4.40. The van der Waals surface area contributed by atoms with Crippen molar-refractivity contribution in [3.63, 3.8) is 0 Å². The molecule has 5 heteroatoms. The molecule has 1 fully saturated rings. The molecule has 1 aromatic heterocycles. The van der Waals surface area contributed by atoms with Crippen molar-refractivity contribution in [3.05, 3.63) is 16.6 Å². The van der Waals surface area contributed by atoms with Gasteiger partial charge in [0.05, 0.1) is 11.7 Å². The highest BCUT2D eigenvalue weighted by molar-refractivity contribution is 9.09. The maximum absolute atomic E-state index is 11.9. The molecular formula is C9H11BrN2OS. The fourth-order valence-corrected chi connectivity index (χ4v) is 2.85. The number of rotatable bonds is 1. The van der Waals surface area contributed by atoms with Crippen LogP contribution < -0.4 is 0 Å². The van der Waals surface area contributed by atoms with Crippen molar-refractivity contribution in [2.45, 2.75) is 17.7 Å². The Hall–Kier alpha value is -0.420. The summed E-state index contributed by atoms with van der Waals surface area (Å²) < 4.78 is 0. The summed E-state index contributed by atoms with van der Waals surface area (Å²) in [5.41, 5.74) is 1.70. The first-order valence-corrected chi connectivity index (χ1v) is 6.39. The number of amides is 1. The summed E-state index contributed by atoms with van der Waals surface area (Å²) in [4.78, 5) is 18.9. The molecule has 2 rings (SSSR count). The average Bonchev–Trinajstić information content (AvgIpc) is 2.69. The monoisotopic (exact) mass is 274 g/mol. The lowest BCUT2D eigenvalue weighted by atomic mass is 10.1. The molecule has 0 N–H and O–H groups in total. The third kappa shape index (κ3) is 2.15. The second-order valence-electron chi connectivity index (χ2n) is 3.36. The van der Waals surface area contributed by atoms with Crippen LogP contribution in [0.25, 0.3) is 0 Å². The van der Waals surface area contributed by atoms with Crippen LogP contribution in [0.15, 0.2) is 11.7 Å². The van der Waals surface area contributed by atoms with Crippen molar-refractivity contribution in [2.75, 3.05) is 13.1 Å². The number of likely N-dealkylation sites (tertiary alicyclic amines) is 1. The molecule has 0 bridgehead atoms. The number of carbonyl (C=O) groups is 1. The molecule has 76 valence electrons. The molecule has 0 aromatic carbocycles. The van der Waals surface area contributed by atoms with Gasteiger partial charge in [-0.1, -0.05) is 15.9 Å². The number of aromatic nitrogens is 1. The normalized spacial score (nSPS) is 22.4. The van der Waals surface area contributed by atoms with E-state index in [1.165, 1.54) is 11.3 Å². The number of thiazole rings is 1. The van der Waals surface area contributed by atoms with E-state index in [0.29, 0.717) is 4.83 Å². The molecule has 1 unspecified atom stereocenters. The van der Waals surface area contributed by atoms with E-state index in [4.69, 9.17) is 0 Å². The SMILES string of the molecule is O=C(c1cncs1)N1CCCC(Br)C1. The molecule has 3 nitrogen and oxygen atoms in total. The van der Waals surface area contributed by atoms with Gasteiger partial charge in [0.25, 0.3) is 5.91 Å². The van der Waals surface area contributed by atoms with Gasteiger partial charge in [0.1, 0.15) is 4.88 Å². The van der Waals surface area contributed by atoms with E-state index in [2.05, 4.69) is 20.9 Å². The largest absolute Gasteiger partial charge is 0.337 e. The zero-order chi connectivity index (χ0) is 9.97. The van der Waals surface area contributed by atoms with Crippen LogP contribution in [0.3, 0.4) is 0 Å². The maximum atomic E-state index is 11.9. The third-order valence-corrected chi connectivity index (χ3v) is 3.80. The van der Waals surface area contributed by atoms with Gasteiger partial charge < -0.3 is 4.90 Å². The van der Waals surface area contributed by atoms with Crippen LogP contribution in [0.4, 0.5) is 0 Å². The molecule has 0 radical (unpaired) electrons. The lowest BCUT2D eigenvalue weighted by Crippen LogP contribution is -2.39. The van der Waals surface area contributed by atoms with Crippen molar-refractivity contribution in [1.29, 1.82) is 0 Å². The van der Waals surface area contributed by atoms with Crippen LogP contribution >= 0.6 is 27.3 Å². The Morgan fingerprint density at radius 1 is 1.71 bits per heavy atom. The first kappa shape index (κ1) is 10.1. The predicted molar refractivity (Wildman–Crippen MR) is 60.0 cm³/mol. The van der Waals surface area contributed by atoms with E-state index < -0.39 is 0 Å². The lowest BCUT2D eigenvalue weighted by Gasteiger charge is -2.29. The van der Waals surface area contributed by atoms with E-state index in [0.717, 1.165) is 30.8 Å². The molecule has 1 aliphatic rings. The summed E-state index contributed by atoms with van der Waals surface area (Å²) in [6, 6.07) is 0. The number of carbonyl (C=O) groups excluding carboxylic acids is 1. The van der Waals surface area contributed by atoms with Gasteiger partial charge in [-0.3, -0.25) is 9.78 Å². The Bertz CT molecular complexity index is 315. The molecule has 14 heavy (non-hydrogen) atoms. The molecule has 1 amide bonds. The number of alkyl halides is 1. The van der Waals surface area contributed by atoms with Crippen LogP contribution in [0.2, 0.25) is 0 Å². The highest BCUT2D eigenvalue weighted by Gasteiger charge is 2.23. The van der Waals surface area contributed by atoms with Crippen molar-refractivity contribution < 1.29 is 4.79 Å². The van der Waals surface area contributed by atoms with E-state index in [-0.39, 0.29) is 5.91 Å². The second-order valence-corrected chi connectivity index (χ2v) is 5.54. The summed E-state index contributed by atoms with van der Waals surface area (Å²) in [5.74, 6) is 0.122. The lowest BCUT2D eigenvalue weighted by molar-refractivity contribution is 0.0734. The molecule has 1 atom stereocenters. The highest BCUT2D eigenvalue weighted by atomic mass is 79.9. The van der Waals surface area contributed by atoms with Crippen molar-refractivity contribution in [3.8, 4) is 0 Å². The molecule has 2 heterocycles. The van der Waals surface area contributed by atoms with Crippen LogP contribution in [-0.2, 0) is 0 Å². The quantitative estimate of drug-likeness (QED) is 0.736. The van der Waals surface area contributed by atoms with Crippen molar-refractivity contribution in [2.24, 2.45) is 0 Å². The van der Waals surface area contributed by atoms with Gasteiger partial charge in [-0.05, 0) is 12.8 Å². The maximum Gasteiger partial charge on any atom is 0.265 e. The molecule has 1 saturated heterocycles. The van der Waals surface area contributed by atoms with Crippen LogP contribution in [0.5, 0.6) is 0 Å². The van der Waals surface area contributed by atoms with E-state index >= 15 is 0 Å². The topological polar surface area (TPSA) is 33.2 Å². The number of halogens is 1. The van der Waals surface area contributed by atoms with E-state index in [1.54, 1.807) is 11.7 Å². The molecule has 0 saturated carbocycles. The molecule has 1 aliphatic heterocycles. The van der Waals surface area contributed by atoms with Crippen LogP contribution in [0.1, 0.15) is 22.5 Å². The summed E-state index contributed by atoms with van der Waals surface area (Å²) in [6.07, 6.45) is 3.89. The summed E-state index contributed by atoms with van der Waals surface area (Å²) in [7, 11) is 0. The Morgan fingerprint density at radius 3 is 3.21 bits per heavy atom. The van der Waals surface area contributed by atoms with E-state index in [1.807, 2.05) is 4.90 Å². The minimum Gasteiger partial charge on any atom is -0.337 e. The molecule has 1 aromatic rings. The molecular weight excluding hydrogens is 264 g/mol. The number of nitrogens with zero attached hydrogens (tertiary/aromatic N) is 2. The Labute approximate surface area is 95.3 Å². The third-order valence-electron chi connectivity index (χ3n) is 2.29. The number of hydrogen-bond acceptors (Lipinski definition) is 3. The summed E-state index contributed by atoms with van der Waals surface area (Å²) >= 11 is 4.96. The average molecular weight is 275 g/mol. The fraction of sp³-hybridized carbons (Fsp3) is 0.556. The van der Waals surface area contributed by atoms with Crippen LogP contribution in [0, 0.1) is 0 Å². The number of hydrogen-bond donors (Lipinski definition) is 0. The van der Waals surface area contributed by atoms with Crippen LogP contribution in [-0.4, -0.2) is 33.7 Å². The van der Waals surface area contributed by atoms with Gasteiger partial charge in [0, 0.05) is 17.9 Å². The van der Waals surface area contributed by atoms with Gasteiger partial charge in [-0.15, -0.1) is 11.3 Å². The van der Waals surface area contributed by atoms with Crippen molar-refractivity contribution in [1.82, 2.24) is 9.88 Å². The zero-order valence-corrected chi connectivity index (χ0v) is 10.1. The Morgan fingerprint density at radius 2 is 2.57 bits per heavy atom. The fourth-order valence-electron chi connectivity index (χ4n) is 1.59. The van der Waals surface area contributed by atoms with Gasteiger partial charge in [0.2, 0.25) is 0 Å².